The lowest BCUT2D eigenvalue weighted by Crippen LogP contribution is -1.98. The standard InChI is InChI=1S/C18N12/c1-20-14-7(6-19)25-8-9(26-14)11-13(30-18(24-5)17(23-4)28-11)12-10(8)27-15(21-2)16(22-3)29-12. The number of benzene rings is 1. The van der Waals surface area contributed by atoms with E-state index in [9.17, 15) is 5.26 Å². The normalized spacial score (nSPS) is 9.80. The summed E-state index contributed by atoms with van der Waals surface area (Å²) in [6.07, 6.45) is 0. The van der Waals surface area contributed by atoms with Gasteiger partial charge in [-0.2, -0.15) is 5.26 Å². The molecule has 0 aliphatic carbocycles. The van der Waals surface area contributed by atoms with E-state index in [0.29, 0.717) is 0 Å². The molecule has 0 atom stereocenters. The minimum absolute atomic E-state index is 0.0103. The van der Waals surface area contributed by atoms with Gasteiger partial charge in [0.05, 0.1) is 0 Å². The van der Waals surface area contributed by atoms with Crippen LogP contribution < -0.4 is 0 Å². The van der Waals surface area contributed by atoms with Gasteiger partial charge in [0.25, 0.3) is 39.8 Å². The van der Waals surface area contributed by atoms with Crippen molar-refractivity contribution in [2.45, 2.75) is 0 Å². The second-order valence-electron chi connectivity index (χ2n) is 5.40. The van der Waals surface area contributed by atoms with Crippen molar-refractivity contribution < 1.29 is 0 Å². The first-order valence-electron chi connectivity index (χ1n) is 7.64. The molecule has 132 valence electrons. The van der Waals surface area contributed by atoms with Gasteiger partial charge in [0.2, 0.25) is 11.0 Å². The highest BCUT2D eigenvalue weighted by Crippen LogP contribution is 2.37. The number of hydrogen-bond donors (Lipinski definition) is 0. The number of rotatable bonds is 0. The van der Waals surface area contributed by atoms with Crippen molar-refractivity contribution in [1.82, 2.24) is 29.9 Å². The van der Waals surface area contributed by atoms with Crippen LogP contribution in [-0.4, -0.2) is 29.9 Å². The van der Waals surface area contributed by atoms with Crippen LogP contribution in [-0.2, 0) is 0 Å². The molecular weight excluding hydrogens is 384 g/mol. The molecule has 0 unspecified atom stereocenters. The lowest BCUT2D eigenvalue weighted by Gasteiger charge is -2.02. The van der Waals surface area contributed by atoms with Crippen LogP contribution in [0.15, 0.2) is 0 Å². The van der Waals surface area contributed by atoms with Crippen molar-refractivity contribution in [3.8, 4) is 6.07 Å². The van der Waals surface area contributed by atoms with Crippen LogP contribution in [0.1, 0.15) is 5.69 Å². The highest BCUT2D eigenvalue weighted by molar-refractivity contribution is 6.19. The summed E-state index contributed by atoms with van der Waals surface area (Å²) in [6.45, 7) is 36.2. The molecule has 0 saturated carbocycles. The van der Waals surface area contributed by atoms with Gasteiger partial charge in [0.1, 0.15) is 6.07 Å². The highest BCUT2D eigenvalue weighted by atomic mass is 15.1. The van der Waals surface area contributed by atoms with Gasteiger partial charge in [-0.25, -0.2) is 4.98 Å². The number of nitriles is 1. The Morgan fingerprint density at radius 3 is 1.00 bits per heavy atom. The Bertz CT molecular complexity index is 1350. The van der Waals surface area contributed by atoms with Crippen LogP contribution >= 0.6 is 0 Å². The fraction of sp³-hybridized carbons (Fsp3) is 0. The van der Waals surface area contributed by atoms with Crippen molar-refractivity contribution in [1.29, 1.82) is 5.26 Å². The van der Waals surface area contributed by atoms with Crippen LogP contribution in [0.25, 0.3) is 57.3 Å². The Balaban J connectivity index is 2.42. The topological polar surface area (TPSA) is 123 Å². The van der Waals surface area contributed by atoms with Gasteiger partial charge >= 0.3 is 5.82 Å². The number of fused-ring (bicyclic) bond motifs is 6. The second-order valence-corrected chi connectivity index (χ2v) is 5.40. The summed E-state index contributed by atoms with van der Waals surface area (Å²) in [5.74, 6) is -1.44. The summed E-state index contributed by atoms with van der Waals surface area (Å²) in [7, 11) is 0. The molecule has 0 fully saturated rings. The number of aromatic nitrogens is 6. The highest BCUT2D eigenvalue weighted by Gasteiger charge is 2.31. The molecule has 12 nitrogen and oxygen atoms in total. The van der Waals surface area contributed by atoms with E-state index < -0.39 is 0 Å². The molecule has 0 aliphatic heterocycles. The zero-order valence-electron chi connectivity index (χ0n) is 14.4. The van der Waals surface area contributed by atoms with Gasteiger partial charge < -0.3 is 24.2 Å². The van der Waals surface area contributed by atoms with Crippen molar-refractivity contribution >= 4 is 62.2 Å². The zero-order chi connectivity index (χ0) is 21.4. The molecule has 0 radical (unpaired) electrons. The Morgan fingerprint density at radius 2 is 0.733 bits per heavy atom. The maximum absolute atomic E-state index is 9.31. The molecule has 4 aromatic rings. The molecule has 3 aromatic heterocycles. The summed E-state index contributed by atoms with van der Waals surface area (Å²) in [5, 5.41) is 9.31. The Kier molecular flexibility index (Phi) is 3.76. The largest absolute Gasteiger partial charge is 0.370 e. The van der Waals surface area contributed by atoms with Gasteiger partial charge in [0.15, 0.2) is 11.2 Å². The predicted molar refractivity (Wildman–Crippen MR) is 102 cm³/mol. The SMILES string of the molecule is [C-]#[N+]c1nc2c(nc1C#N)c1nc([N+]#[C-])c([N+]#[C-])nc1c1nc([N+]#[C-])c([N+]#[C-])nc21. The Hall–Kier alpha value is -5.82. The molecule has 0 aliphatic rings. The van der Waals surface area contributed by atoms with Gasteiger partial charge in [-0.1, -0.05) is 32.9 Å². The summed E-state index contributed by atoms with van der Waals surface area (Å²) < 4.78 is 0. The third-order valence-electron chi connectivity index (χ3n) is 3.91. The second kappa shape index (κ2) is 6.41. The van der Waals surface area contributed by atoms with E-state index in [2.05, 4.69) is 54.1 Å². The summed E-state index contributed by atoms with van der Waals surface area (Å²) >= 11 is 0. The van der Waals surface area contributed by atoms with E-state index in [1.54, 1.807) is 6.07 Å². The minimum Gasteiger partial charge on any atom is -0.370 e. The lowest BCUT2D eigenvalue weighted by atomic mass is 10.2. The maximum Gasteiger partial charge on any atom is 0.307 e. The third kappa shape index (κ3) is 2.27. The number of nitrogens with zero attached hydrogens (tertiary/aromatic N) is 12. The molecule has 0 spiro atoms. The Morgan fingerprint density at radius 1 is 0.467 bits per heavy atom. The van der Waals surface area contributed by atoms with Crippen LogP contribution in [0.5, 0.6) is 0 Å². The molecule has 0 amide bonds. The fourth-order valence-corrected chi connectivity index (χ4v) is 2.71. The molecular formula is C18N12. The first kappa shape index (κ1) is 17.6. The first-order valence-corrected chi connectivity index (χ1v) is 7.64. The van der Waals surface area contributed by atoms with E-state index in [-0.39, 0.29) is 67.9 Å². The van der Waals surface area contributed by atoms with E-state index in [1.165, 1.54) is 0 Å². The smallest absolute Gasteiger partial charge is 0.307 e. The molecule has 4 rings (SSSR count). The summed E-state index contributed by atoms with van der Waals surface area (Å²) in [4.78, 5) is 40.8. The molecule has 0 saturated heterocycles. The quantitative estimate of drug-likeness (QED) is 0.330. The maximum atomic E-state index is 9.31. The van der Waals surface area contributed by atoms with Crippen LogP contribution in [0, 0.1) is 44.2 Å². The average Bonchev–Trinajstić information content (AvgIpc) is 2.81. The van der Waals surface area contributed by atoms with E-state index in [4.69, 9.17) is 32.9 Å². The van der Waals surface area contributed by atoms with Crippen molar-refractivity contribution in [3.05, 3.63) is 62.8 Å². The summed E-state index contributed by atoms with van der Waals surface area (Å²) in [6, 6.07) is 1.77. The van der Waals surface area contributed by atoms with Crippen molar-refractivity contribution in [3.63, 3.8) is 0 Å². The van der Waals surface area contributed by atoms with Crippen molar-refractivity contribution in [2.24, 2.45) is 0 Å². The lowest BCUT2D eigenvalue weighted by molar-refractivity contribution is 1.24. The third-order valence-corrected chi connectivity index (χ3v) is 3.91. The molecule has 30 heavy (non-hydrogen) atoms. The monoisotopic (exact) mass is 384 g/mol. The average molecular weight is 384 g/mol. The number of hydrogen-bond acceptors (Lipinski definition) is 7. The van der Waals surface area contributed by atoms with Gasteiger partial charge in [0, 0.05) is 0 Å². The molecule has 1 aromatic carbocycles. The Labute approximate surface area is 166 Å². The predicted octanol–water partition coefficient (Wildman–Crippen LogP) is 4.14. The van der Waals surface area contributed by atoms with E-state index in [1.807, 2.05) is 0 Å². The van der Waals surface area contributed by atoms with Gasteiger partial charge in [-0.15, -0.1) is 24.9 Å². The molecule has 3 heterocycles. The van der Waals surface area contributed by atoms with Gasteiger partial charge in [-0.3, -0.25) is 0 Å². The summed E-state index contributed by atoms with van der Waals surface area (Å²) in [5.41, 5.74) is -0.197. The van der Waals surface area contributed by atoms with Crippen molar-refractivity contribution in [2.75, 3.05) is 0 Å². The first-order chi connectivity index (χ1) is 14.6. The minimum atomic E-state index is -0.290. The molecule has 0 bridgehead atoms. The van der Waals surface area contributed by atoms with Crippen LogP contribution in [0.2, 0.25) is 0 Å². The van der Waals surface area contributed by atoms with E-state index >= 15 is 0 Å². The van der Waals surface area contributed by atoms with Gasteiger partial charge in [-0.05, 0) is 0 Å². The van der Waals surface area contributed by atoms with Crippen LogP contribution in [0.3, 0.4) is 0 Å². The van der Waals surface area contributed by atoms with E-state index in [0.717, 1.165) is 0 Å². The fourth-order valence-electron chi connectivity index (χ4n) is 2.71. The van der Waals surface area contributed by atoms with Crippen LogP contribution in [0.4, 0.5) is 29.1 Å². The zero-order valence-corrected chi connectivity index (χ0v) is 14.4. The molecule has 0 N–H and O–H groups in total. The molecule has 12 heteroatoms.